The van der Waals surface area contributed by atoms with Crippen molar-refractivity contribution in [3.05, 3.63) is 66.0 Å². The Balaban J connectivity index is 1.40. The summed E-state index contributed by atoms with van der Waals surface area (Å²) in [4.78, 5) is 29.5. The number of amides is 2. The summed E-state index contributed by atoms with van der Waals surface area (Å²) in [5.41, 5.74) is 1.45. The van der Waals surface area contributed by atoms with Gasteiger partial charge >= 0.3 is 0 Å². The molecule has 0 radical (unpaired) electrons. The number of rotatable bonds is 8. The number of carbonyl (C=O) groups excluding carboxylic acids is 2. The minimum atomic E-state index is -0.318. The smallest absolute Gasteiger partial charge is 0.251 e. The molecule has 4 rings (SSSR count). The van der Waals surface area contributed by atoms with Crippen molar-refractivity contribution in [2.45, 2.75) is 25.0 Å². The van der Waals surface area contributed by atoms with Crippen molar-refractivity contribution in [2.75, 3.05) is 11.1 Å². The first-order valence-corrected chi connectivity index (χ1v) is 12.3. The van der Waals surface area contributed by atoms with Gasteiger partial charge in [-0.1, -0.05) is 67.3 Å². The number of anilines is 1. The molecule has 10 heteroatoms. The van der Waals surface area contributed by atoms with Gasteiger partial charge in [0.15, 0.2) is 16.1 Å². The molecule has 170 valence electrons. The number of hydrogen-bond acceptors (Lipinski definition) is 7. The fraction of sp³-hybridized carbons (Fsp3) is 0.261. The van der Waals surface area contributed by atoms with Crippen LogP contribution in [0.3, 0.4) is 0 Å². The molecular formula is C23H24N6O2S2. The van der Waals surface area contributed by atoms with Gasteiger partial charge in [0, 0.05) is 12.6 Å². The van der Waals surface area contributed by atoms with E-state index < -0.39 is 0 Å². The van der Waals surface area contributed by atoms with Crippen LogP contribution in [0, 0.1) is 5.92 Å². The van der Waals surface area contributed by atoms with E-state index in [1.54, 1.807) is 12.1 Å². The van der Waals surface area contributed by atoms with Gasteiger partial charge in [0.05, 0.1) is 22.0 Å². The number of benzene rings is 2. The zero-order valence-corrected chi connectivity index (χ0v) is 20.1. The van der Waals surface area contributed by atoms with Crippen molar-refractivity contribution in [3.63, 3.8) is 0 Å². The van der Waals surface area contributed by atoms with E-state index in [0.717, 1.165) is 10.2 Å². The number of fused-ring (bicyclic) bond motifs is 1. The van der Waals surface area contributed by atoms with Crippen LogP contribution >= 0.6 is 23.1 Å². The summed E-state index contributed by atoms with van der Waals surface area (Å²) in [7, 11) is 1.84. The molecule has 0 spiro atoms. The van der Waals surface area contributed by atoms with Gasteiger partial charge in [-0.25, -0.2) is 4.98 Å². The van der Waals surface area contributed by atoms with Crippen molar-refractivity contribution >= 4 is 50.3 Å². The highest BCUT2D eigenvalue weighted by Gasteiger charge is 2.25. The number of hydrogen-bond donors (Lipinski definition) is 2. The molecule has 0 unspecified atom stereocenters. The maximum absolute atomic E-state index is 12.7. The Bertz CT molecular complexity index is 1240. The summed E-state index contributed by atoms with van der Waals surface area (Å²) < 4.78 is 2.85. The number of thioether (sulfide) groups is 1. The summed E-state index contributed by atoms with van der Waals surface area (Å²) in [6.07, 6.45) is 0. The molecule has 2 heterocycles. The van der Waals surface area contributed by atoms with Crippen molar-refractivity contribution < 1.29 is 9.59 Å². The van der Waals surface area contributed by atoms with E-state index in [1.165, 1.54) is 23.1 Å². The maximum Gasteiger partial charge on any atom is 0.251 e. The molecule has 8 nitrogen and oxygen atoms in total. The van der Waals surface area contributed by atoms with Crippen molar-refractivity contribution in [3.8, 4) is 0 Å². The number of nitrogens with one attached hydrogen (secondary N) is 2. The van der Waals surface area contributed by atoms with E-state index in [2.05, 4.69) is 25.8 Å². The fourth-order valence-corrected chi connectivity index (χ4v) is 4.88. The molecule has 0 aliphatic rings. The van der Waals surface area contributed by atoms with Gasteiger partial charge in [0.1, 0.15) is 0 Å². The highest BCUT2D eigenvalue weighted by molar-refractivity contribution is 7.99. The van der Waals surface area contributed by atoms with E-state index in [1.807, 2.05) is 67.9 Å². The summed E-state index contributed by atoms with van der Waals surface area (Å²) in [5, 5.41) is 15.6. The van der Waals surface area contributed by atoms with E-state index in [9.17, 15) is 9.59 Å². The van der Waals surface area contributed by atoms with E-state index >= 15 is 0 Å². The Morgan fingerprint density at radius 3 is 2.52 bits per heavy atom. The van der Waals surface area contributed by atoms with Crippen LogP contribution in [0.1, 0.15) is 36.1 Å². The lowest BCUT2D eigenvalue weighted by atomic mass is 10.0. The molecule has 0 aliphatic carbocycles. The molecular weight excluding hydrogens is 456 g/mol. The van der Waals surface area contributed by atoms with Crippen LogP contribution in [-0.2, 0) is 11.8 Å². The largest absolute Gasteiger partial charge is 0.342 e. The summed E-state index contributed by atoms with van der Waals surface area (Å²) >= 11 is 2.73. The second kappa shape index (κ2) is 10.1. The third-order valence-electron chi connectivity index (χ3n) is 5.01. The van der Waals surface area contributed by atoms with Crippen LogP contribution in [-0.4, -0.2) is 37.3 Å². The number of carbonyl (C=O) groups is 2. The van der Waals surface area contributed by atoms with Gasteiger partial charge in [-0.2, -0.15) is 0 Å². The van der Waals surface area contributed by atoms with Crippen LogP contribution in [0.5, 0.6) is 0 Å². The van der Waals surface area contributed by atoms with E-state index in [4.69, 9.17) is 0 Å². The Morgan fingerprint density at radius 2 is 1.79 bits per heavy atom. The topological polar surface area (TPSA) is 102 Å². The first-order valence-electron chi connectivity index (χ1n) is 10.5. The first kappa shape index (κ1) is 22.9. The van der Waals surface area contributed by atoms with Gasteiger partial charge in [-0.15, -0.1) is 10.2 Å². The van der Waals surface area contributed by atoms with Gasteiger partial charge in [0.2, 0.25) is 5.91 Å². The van der Waals surface area contributed by atoms with Crippen LogP contribution in [0.2, 0.25) is 0 Å². The molecule has 0 aliphatic heterocycles. The Labute approximate surface area is 199 Å². The zero-order chi connectivity index (χ0) is 23.4. The number of aromatic nitrogens is 4. The van der Waals surface area contributed by atoms with E-state index in [0.29, 0.717) is 21.7 Å². The Hall–Kier alpha value is -3.24. The molecule has 2 N–H and O–H groups in total. The SMILES string of the molecule is CC(C)[C@@H](NC(=O)c1ccccc1)c1nnc(SCC(=O)Nc2nc3ccccc3s2)n1C. The molecule has 1 atom stereocenters. The predicted molar refractivity (Wildman–Crippen MR) is 131 cm³/mol. The fourth-order valence-electron chi connectivity index (χ4n) is 3.28. The zero-order valence-electron chi connectivity index (χ0n) is 18.5. The molecule has 2 amide bonds. The van der Waals surface area contributed by atoms with Crippen molar-refractivity contribution in [1.82, 2.24) is 25.1 Å². The normalized spacial score (nSPS) is 12.1. The van der Waals surface area contributed by atoms with Gasteiger partial charge < -0.3 is 15.2 Å². The van der Waals surface area contributed by atoms with Gasteiger partial charge in [0.25, 0.3) is 5.91 Å². The molecule has 4 aromatic rings. The molecule has 2 aromatic carbocycles. The van der Waals surface area contributed by atoms with Crippen LogP contribution in [0.4, 0.5) is 5.13 Å². The highest BCUT2D eigenvalue weighted by Crippen LogP contribution is 2.27. The summed E-state index contributed by atoms with van der Waals surface area (Å²) in [6.45, 7) is 4.03. The third-order valence-corrected chi connectivity index (χ3v) is 6.98. The number of thiazole rings is 1. The lowest BCUT2D eigenvalue weighted by molar-refractivity contribution is -0.113. The second-order valence-corrected chi connectivity index (χ2v) is 9.76. The van der Waals surface area contributed by atoms with Crippen LogP contribution in [0.25, 0.3) is 10.2 Å². The standard InChI is InChI=1S/C23H24N6O2S2/c1-14(2)19(26-21(31)15-9-5-4-6-10-15)20-27-28-23(29(20)3)32-13-18(30)25-22-24-16-11-7-8-12-17(16)33-22/h4-12,14,19H,13H2,1-3H3,(H,26,31)(H,24,25,30)/t19-/m1/s1. The predicted octanol–water partition coefficient (Wildman–Crippen LogP) is 4.28. The molecule has 0 bridgehead atoms. The molecule has 2 aromatic heterocycles. The highest BCUT2D eigenvalue weighted by atomic mass is 32.2. The molecule has 0 saturated heterocycles. The Kier molecular flexibility index (Phi) is 7.05. The minimum Gasteiger partial charge on any atom is -0.342 e. The maximum atomic E-state index is 12.7. The quantitative estimate of drug-likeness (QED) is 0.365. The monoisotopic (exact) mass is 480 g/mol. The van der Waals surface area contributed by atoms with Crippen molar-refractivity contribution in [1.29, 1.82) is 0 Å². The number of para-hydroxylation sites is 1. The summed E-state index contributed by atoms with van der Waals surface area (Å²) in [5.74, 6) is 0.581. The van der Waals surface area contributed by atoms with Crippen molar-refractivity contribution in [2.24, 2.45) is 13.0 Å². The molecule has 0 saturated carbocycles. The Morgan fingerprint density at radius 1 is 1.06 bits per heavy atom. The minimum absolute atomic E-state index is 0.0979. The lowest BCUT2D eigenvalue weighted by Gasteiger charge is -2.21. The molecule has 33 heavy (non-hydrogen) atoms. The van der Waals surface area contributed by atoms with E-state index in [-0.39, 0.29) is 29.5 Å². The lowest BCUT2D eigenvalue weighted by Crippen LogP contribution is -2.33. The molecule has 0 fully saturated rings. The van der Waals surface area contributed by atoms with Crippen LogP contribution in [0.15, 0.2) is 59.8 Å². The average molecular weight is 481 g/mol. The first-order chi connectivity index (χ1) is 15.9. The second-order valence-electron chi connectivity index (χ2n) is 7.78. The van der Waals surface area contributed by atoms with Gasteiger partial charge in [-0.3, -0.25) is 9.59 Å². The average Bonchev–Trinajstić information content (AvgIpc) is 3.38. The summed E-state index contributed by atoms with van der Waals surface area (Å²) in [6, 6.07) is 16.5. The third kappa shape index (κ3) is 5.40. The number of nitrogens with zero attached hydrogens (tertiary/aromatic N) is 4. The van der Waals surface area contributed by atoms with Gasteiger partial charge in [-0.05, 0) is 30.2 Å². The van der Waals surface area contributed by atoms with Crippen LogP contribution < -0.4 is 10.6 Å².